The van der Waals surface area contributed by atoms with Crippen LogP contribution >= 0.6 is 54.8 Å². The number of hydrazone groups is 1. The van der Waals surface area contributed by atoms with Crippen LogP contribution in [-0.4, -0.2) is 23.7 Å². The Morgan fingerprint density at radius 3 is 2.52 bits per heavy atom. The quantitative estimate of drug-likeness (QED) is 0.184. The zero-order chi connectivity index (χ0) is 21.8. The molecule has 1 amide bonds. The van der Waals surface area contributed by atoms with Crippen molar-refractivity contribution >= 4 is 82.3 Å². The minimum atomic E-state index is -0.346. The second-order valence-corrected chi connectivity index (χ2v) is 9.63. The maximum atomic E-state index is 13.0. The van der Waals surface area contributed by atoms with Crippen molar-refractivity contribution in [3.05, 3.63) is 86.3 Å². The highest BCUT2D eigenvalue weighted by atomic mass is 79.9. The Morgan fingerprint density at radius 2 is 1.77 bits per heavy atom. The van der Waals surface area contributed by atoms with Crippen LogP contribution in [0.15, 0.2) is 80.8 Å². The summed E-state index contributed by atoms with van der Waals surface area (Å²) in [6, 6.07) is 20.2. The van der Waals surface area contributed by atoms with Gasteiger partial charge in [-0.15, -0.1) is 0 Å². The third-order valence-electron chi connectivity index (χ3n) is 4.12. The van der Waals surface area contributed by atoms with Crippen molar-refractivity contribution < 1.29 is 9.53 Å². The summed E-state index contributed by atoms with van der Waals surface area (Å²) in [4.78, 5) is 17.6. The largest absolute Gasteiger partial charge is 0.484 e. The topological polar surface area (TPSA) is 54.8 Å². The van der Waals surface area contributed by atoms with Gasteiger partial charge in [0.2, 0.25) is 5.13 Å². The van der Waals surface area contributed by atoms with Gasteiger partial charge in [0, 0.05) is 14.0 Å². The second kappa shape index (κ2) is 9.91. The third-order valence-corrected chi connectivity index (χ3v) is 6.39. The zero-order valence-electron chi connectivity index (χ0n) is 15.8. The highest BCUT2D eigenvalue weighted by Crippen LogP contribution is 2.31. The number of ether oxygens (including phenoxy) is 1. The van der Waals surface area contributed by atoms with Crippen molar-refractivity contribution in [2.75, 3.05) is 11.6 Å². The first-order valence-corrected chi connectivity index (χ1v) is 11.8. The number of benzene rings is 3. The number of hydrogen-bond acceptors (Lipinski definition) is 5. The van der Waals surface area contributed by atoms with Crippen molar-refractivity contribution in [3.8, 4) is 5.75 Å². The van der Waals surface area contributed by atoms with E-state index in [1.165, 1.54) is 16.3 Å². The minimum absolute atomic E-state index is 0.196. The van der Waals surface area contributed by atoms with E-state index in [1.54, 1.807) is 30.5 Å². The number of fused-ring (bicyclic) bond motifs is 1. The Labute approximate surface area is 204 Å². The van der Waals surface area contributed by atoms with Gasteiger partial charge in [-0.05, 0) is 60.2 Å². The lowest BCUT2D eigenvalue weighted by Gasteiger charge is -2.14. The first-order chi connectivity index (χ1) is 15.0. The van der Waals surface area contributed by atoms with Gasteiger partial charge in [-0.3, -0.25) is 4.79 Å². The number of aromatic nitrogens is 1. The molecule has 0 unspecified atom stereocenters. The van der Waals surface area contributed by atoms with E-state index in [2.05, 4.69) is 41.9 Å². The van der Waals surface area contributed by atoms with Crippen LogP contribution in [0.5, 0.6) is 5.75 Å². The zero-order valence-corrected chi connectivity index (χ0v) is 20.6. The lowest BCUT2D eigenvalue weighted by Crippen LogP contribution is -2.30. The lowest BCUT2D eigenvalue weighted by atomic mass is 10.2. The molecule has 4 rings (SSSR count). The molecule has 0 radical (unpaired) electrons. The molecule has 0 bridgehead atoms. The molecule has 156 valence electrons. The standard InChI is InChI=1S/C22H14Br2ClN3O2S/c23-15-3-1-14(2-4-15)12-26-28(21(29)13-30-18-8-6-17(25)7-9-18)22-27-19-10-5-16(24)11-20(19)31-22/h1-12H,13H2/b26-12+. The van der Waals surface area contributed by atoms with Crippen LogP contribution in [0.2, 0.25) is 5.02 Å². The second-order valence-electron chi connectivity index (χ2n) is 6.35. The fourth-order valence-corrected chi connectivity index (χ4v) is 4.49. The number of thiazole rings is 1. The summed E-state index contributed by atoms with van der Waals surface area (Å²) >= 11 is 14.2. The number of halogens is 3. The average Bonchev–Trinajstić information content (AvgIpc) is 3.17. The van der Waals surface area contributed by atoms with E-state index < -0.39 is 0 Å². The molecule has 5 nitrogen and oxygen atoms in total. The fraction of sp³-hybridized carbons (Fsp3) is 0.0455. The molecule has 0 saturated heterocycles. The first-order valence-electron chi connectivity index (χ1n) is 9.05. The fourth-order valence-electron chi connectivity index (χ4n) is 2.61. The average molecular weight is 580 g/mol. The summed E-state index contributed by atoms with van der Waals surface area (Å²) in [6.45, 7) is -0.196. The number of carbonyl (C=O) groups is 1. The Morgan fingerprint density at radius 1 is 1.06 bits per heavy atom. The third kappa shape index (κ3) is 5.71. The first kappa shape index (κ1) is 22.0. The number of carbonyl (C=O) groups excluding carboxylic acids is 1. The van der Waals surface area contributed by atoms with Crippen LogP contribution in [0.3, 0.4) is 0 Å². The molecule has 0 saturated carbocycles. The molecule has 3 aromatic carbocycles. The summed E-state index contributed by atoms with van der Waals surface area (Å²) in [6.07, 6.45) is 1.62. The molecule has 0 spiro atoms. The van der Waals surface area contributed by atoms with Crippen LogP contribution in [0, 0.1) is 0 Å². The lowest BCUT2D eigenvalue weighted by molar-refractivity contribution is -0.120. The van der Waals surface area contributed by atoms with Crippen molar-refractivity contribution in [1.29, 1.82) is 0 Å². The van der Waals surface area contributed by atoms with Gasteiger partial charge >= 0.3 is 0 Å². The van der Waals surface area contributed by atoms with E-state index >= 15 is 0 Å². The molecule has 9 heteroatoms. The van der Waals surface area contributed by atoms with Gasteiger partial charge in [0.05, 0.1) is 16.4 Å². The van der Waals surface area contributed by atoms with Crippen molar-refractivity contribution in [1.82, 2.24) is 4.98 Å². The number of hydrogen-bond donors (Lipinski definition) is 0. The number of anilines is 1. The van der Waals surface area contributed by atoms with Crippen LogP contribution in [0.4, 0.5) is 5.13 Å². The summed E-state index contributed by atoms with van der Waals surface area (Å²) in [7, 11) is 0. The molecule has 31 heavy (non-hydrogen) atoms. The van der Waals surface area contributed by atoms with E-state index in [0.29, 0.717) is 15.9 Å². The highest BCUT2D eigenvalue weighted by Gasteiger charge is 2.20. The molecule has 1 aromatic heterocycles. The molecule has 4 aromatic rings. The molecule has 0 aliphatic heterocycles. The predicted octanol–water partition coefficient (Wildman–Crippen LogP) is 6.92. The van der Waals surface area contributed by atoms with Gasteiger partial charge in [-0.25, -0.2) is 4.98 Å². The van der Waals surface area contributed by atoms with Crippen molar-refractivity contribution in [2.45, 2.75) is 0 Å². The maximum absolute atomic E-state index is 13.0. The van der Waals surface area contributed by atoms with Gasteiger partial charge in [-0.1, -0.05) is 66.9 Å². The Balaban J connectivity index is 1.61. The van der Waals surface area contributed by atoms with E-state index in [4.69, 9.17) is 16.3 Å². The Hall–Kier alpha value is -2.26. The SMILES string of the molecule is O=C(COc1ccc(Cl)cc1)N(/N=C/c1ccc(Br)cc1)c1nc2ccc(Br)cc2s1. The Kier molecular flexibility index (Phi) is 7.02. The molecule has 0 aliphatic carbocycles. The molecule has 0 N–H and O–H groups in total. The molecule has 0 atom stereocenters. The smallest absolute Gasteiger partial charge is 0.287 e. The Bertz CT molecular complexity index is 1240. The summed E-state index contributed by atoms with van der Waals surface area (Å²) in [5.41, 5.74) is 1.64. The van der Waals surface area contributed by atoms with E-state index in [-0.39, 0.29) is 12.5 Å². The normalized spacial score (nSPS) is 11.2. The van der Waals surface area contributed by atoms with Gasteiger partial charge in [-0.2, -0.15) is 10.1 Å². The summed E-state index contributed by atoms with van der Waals surface area (Å²) in [5, 5.41) is 6.75. The van der Waals surface area contributed by atoms with Crippen LogP contribution in [0.1, 0.15) is 5.56 Å². The van der Waals surface area contributed by atoms with E-state index in [9.17, 15) is 4.79 Å². The van der Waals surface area contributed by atoms with Gasteiger partial charge in [0.25, 0.3) is 5.91 Å². The van der Waals surface area contributed by atoms with Gasteiger partial charge < -0.3 is 4.74 Å². The summed E-state index contributed by atoms with van der Waals surface area (Å²) < 4.78 is 8.48. The predicted molar refractivity (Wildman–Crippen MR) is 133 cm³/mol. The number of nitrogens with zero attached hydrogens (tertiary/aromatic N) is 3. The molecular weight excluding hydrogens is 566 g/mol. The summed E-state index contributed by atoms with van der Waals surface area (Å²) in [5.74, 6) is 0.198. The highest BCUT2D eigenvalue weighted by molar-refractivity contribution is 9.10. The maximum Gasteiger partial charge on any atom is 0.287 e. The van der Waals surface area contributed by atoms with Crippen LogP contribution < -0.4 is 9.75 Å². The molecule has 1 heterocycles. The van der Waals surface area contributed by atoms with E-state index in [1.807, 2.05) is 42.5 Å². The molecular formula is C22H14Br2ClN3O2S. The van der Waals surface area contributed by atoms with Crippen LogP contribution in [0.25, 0.3) is 10.2 Å². The van der Waals surface area contributed by atoms with Crippen molar-refractivity contribution in [3.63, 3.8) is 0 Å². The molecule has 0 aliphatic rings. The number of rotatable bonds is 6. The molecule has 0 fully saturated rings. The monoisotopic (exact) mass is 577 g/mol. The minimum Gasteiger partial charge on any atom is -0.484 e. The van der Waals surface area contributed by atoms with E-state index in [0.717, 1.165) is 24.7 Å². The van der Waals surface area contributed by atoms with Gasteiger partial charge in [0.1, 0.15) is 5.75 Å². The van der Waals surface area contributed by atoms with Crippen LogP contribution in [-0.2, 0) is 4.79 Å². The van der Waals surface area contributed by atoms with Gasteiger partial charge in [0.15, 0.2) is 6.61 Å². The number of amides is 1. The van der Waals surface area contributed by atoms with Crippen molar-refractivity contribution in [2.24, 2.45) is 5.10 Å².